The molecule has 1 aromatic rings. The van der Waals surface area contributed by atoms with Crippen LogP contribution in [0.4, 0.5) is 5.82 Å². The van der Waals surface area contributed by atoms with Crippen LogP contribution >= 0.6 is 11.6 Å². The maximum atomic E-state index is 6.63. The van der Waals surface area contributed by atoms with E-state index in [0.29, 0.717) is 28.9 Å². The number of hydrogen-bond donors (Lipinski definition) is 3. The third-order valence-corrected chi connectivity index (χ3v) is 7.64. The molecule has 2 atom stereocenters. The molecule has 5 nitrogen and oxygen atoms in total. The third kappa shape index (κ3) is 8.37. The van der Waals surface area contributed by atoms with Crippen LogP contribution in [-0.4, -0.2) is 42.4 Å². The number of pyridine rings is 1. The summed E-state index contributed by atoms with van der Waals surface area (Å²) in [4.78, 5) is 4.56. The fourth-order valence-corrected chi connectivity index (χ4v) is 5.31. The second-order valence-corrected chi connectivity index (χ2v) is 11.2. The summed E-state index contributed by atoms with van der Waals surface area (Å²) in [6, 6.07) is 2.90. The Labute approximate surface area is 212 Å². The van der Waals surface area contributed by atoms with Gasteiger partial charge < -0.3 is 21.1 Å². The Morgan fingerprint density at radius 1 is 1.29 bits per heavy atom. The number of ether oxygens (including phenoxy) is 1. The monoisotopic (exact) mass is 488 g/mol. The highest BCUT2D eigenvalue weighted by atomic mass is 35.5. The highest BCUT2D eigenvalue weighted by Gasteiger charge is 2.28. The topological polar surface area (TPSA) is 72.2 Å². The minimum Gasteiger partial charge on any atom is -0.376 e. The molecule has 0 amide bonds. The van der Waals surface area contributed by atoms with Crippen LogP contribution in [0.25, 0.3) is 5.57 Å². The zero-order chi connectivity index (χ0) is 24.6. The SMILES string of the molecule is CCC(C)C(=CC=CCNCC1CCOC(C)(C)C1)c1cc(NC2CCC(N)CC2)ncc1Cl. The molecule has 1 saturated carbocycles. The largest absolute Gasteiger partial charge is 0.376 e. The van der Waals surface area contributed by atoms with Gasteiger partial charge in [-0.25, -0.2) is 4.98 Å². The smallest absolute Gasteiger partial charge is 0.126 e. The average Bonchev–Trinajstić information content (AvgIpc) is 2.80. The molecule has 2 heterocycles. The van der Waals surface area contributed by atoms with Crippen LogP contribution in [0.3, 0.4) is 0 Å². The van der Waals surface area contributed by atoms with Gasteiger partial charge in [0.05, 0.1) is 10.6 Å². The van der Waals surface area contributed by atoms with Crippen LogP contribution in [0.1, 0.15) is 78.2 Å². The standard InChI is InChI=1S/C28H45ClN4O/c1-5-20(2)24(8-6-7-14-31-18-21-13-15-34-28(3,4)17-21)25-16-27(32-19-26(25)29)33-23-11-9-22(30)10-12-23/h6-8,16,19-23,31H,5,9-15,17-18,30H2,1-4H3,(H,32,33). The van der Waals surface area contributed by atoms with Gasteiger partial charge in [-0.05, 0) is 88.8 Å². The van der Waals surface area contributed by atoms with Gasteiger partial charge in [-0.1, -0.05) is 43.7 Å². The number of nitrogens with two attached hydrogens (primary N) is 1. The van der Waals surface area contributed by atoms with E-state index in [2.05, 4.69) is 67.6 Å². The van der Waals surface area contributed by atoms with Gasteiger partial charge in [-0.2, -0.15) is 0 Å². The molecule has 190 valence electrons. The molecule has 3 rings (SSSR count). The minimum absolute atomic E-state index is 0.00963. The number of nitrogens with zero attached hydrogens (tertiary/aromatic N) is 1. The Kier molecular flexibility index (Phi) is 10.4. The van der Waals surface area contributed by atoms with Gasteiger partial charge in [0.15, 0.2) is 0 Å². The van der Waals surface area contributed by atoms with Crippen molar-refractivity contribution in [2.24, 2.45) is 17.6 Å². The fourth-order valence-electron chi connectivity index (χ4n) is 5.09. The molecule has 1 aromatic heterocycles. The number of anilines is 1. The van der Waals surface area contributed by atoms with Crippen LogP contribution in [0.2, 0.25) is 5.02 Å². The van der Waals surface area contributed by atoms with E-state index in [4.69, 9.17) is 22.1 Å². The van der Waals surface area contributed by atoms with Crippen LogP contribution < -0.4 is 16.4 Å². The van der Waals surface area contributed by atoms with Gasteiger partial charge in [0.25, 0.3) is 0 Å². The summed E-state index contributed by atoms with van der Waals surface area (Å²) in [5, 5.41) is 7.91. The molecule has 1 aliphatic heterocycles. The number of aromatic nitrogens is 1. The molecule has 0 radical (unpaired) electrons. The predicted octanol–water partition coefficient (Wildman–Crippen LogP) is 6.20. The van der Waals surface area contributed by atoms with Crippen molar-refractivity contribution in [1.29, 1.82) is 0 Å². The van der Waals surface area contributed by atoms with Crippen LogP contribution in [0, 0.1) is 11.8 Å². The highest BCUT2D eigenvalue weighted by Crippen LogP contribution is 2.33. The van der Waals surface area contributed by atoms with Gasteiger partial charge in [0.2, 0.25) is 0 Å². The van der Waals surface area contributed by atoms with E-state index < -0.39 is 0 Å². The van der Waals surface area contributed by atoms with Crippen LogP contribution in [-0.2, 0) is 4.74 Å². The number of rotatable bonds is 10. The normalized spacial score (nSPS) is 26.5. The lowest BCUT2D eigenvalue weighted by Gasteiger charge is -2.35. The molecular weight excluding hydrogens is 444 g/mol. The van der Waals surface area contributed by atoms with Gasteiger partial charge in [0, 0.05) is 37.0 Å². The summed E-state index contributed by atoms with van der Waals surface area (Å²) in [5.41, 5.74) is 8.40. The summed E-state index contributed by atoms with van der Waals surface area (Å²) in [6.45, 7) is 11.6. The van der Waals surface area contributed by atoms with E-state index in [1.807, 2.05) is 0 Å². The zero-order valence-corrected chi connectivity index (χ0v) is 22.3. The molecule has 2 aliphatic rings. The van der Waals surface area contributed by atoms with Crippen molar-refractivity contribution in [3.8, 4) is 0 Å². The zero-order valence-electron chi connectivity index (χ0n) is 21.6. The Balaban J connectivity index is 1.60. The lowest BCUT2D eigenvalue weighted by molar-refractivity contribution is -0.0716. The summed E-state index contributed by atoms with van der Waals surface area (Å²) in [7, 11) is 0. The summed E-state index contributed by atoms with van der Waals surface area (Å²) >= 11 is 6.63. The molecule has 1 aliphatic carbocycles. The second kappa shape index (κ2) is 13.1. The van der Waals surface area contributed by atoms with Crippen molar-refractivity contribution in [2.75, 3.05) is 25.0 Å². The lowest BCUT2D eigenvalue weighted by atomic mass is 9.88. The van der Waals surface area contributed by atoms with E-state index in [1.165, 1.54) is 5.57 Å². The van der Waals surface area contributed by atoms with Crippen molar-refractivity contribution in [2.45, 2.75) is 90.3 Å². The van der Waals surface area contributed by atoms with Crippen molar-refractivity contribution < 1.29 is 4.74 Å². The Morgan fingerprint density at radius 3 is 2.76 bits per heavy atom. The molecule has 2 unspecified atom stereocenters. The lowest BCUT2D eigenvalue weighted by Crippen LogP contribution is -2.38. The molecular formula is C28H45ClN4O. The molecule has 0 bridgehead atoms. The van der Waals surface area contributed by atoms with Crippen molar-refractivity contribution in [1.82, 2.24) is 10.3 Å². The maximum absolute atomic E-state index is 6.63. The van der Waals surface area contributed by atoms with E-state index in [9.17, 15) is 0 Å². The van der Waals surface area contributed by atoms with Gasteiger partial charge in [0.1, 0.15) is 5.82 Å². The summed E-state index contributed by atoms with van der Waals surface area (Å²) in [6.07, 6.45) is 16.0. The van der Waals surface area contributed by atoms with Gasteiger partial charge in [-0.3, -0.25) is 0 Å². The fraction of sp³-hybridized carbons (Fsp3) is 0.679. The summed E-state index contributed by atoms with van der Waals surface area (Å²) in [5.74, 6) is 1.99. The quantitative estimate of drug-likeness (QED) is 0.270. The van der Waals surface area contributed by atoms with Gasteiger partial charge >= 0.3 is 0 Å². The molecule has 4 N–H and O–H groups in total. The first kappa shape index (κ1) is 27.2. The van der Waals surface area contributed by atoms with E-state index in [0.717, 1.165) is 76.0 Å². The molecule has 0 aromatic carbocycles. The molecule has 1 saturated heterocycles. The van der Waals surface area contributed by atoms with E-state index in [1.54, 1.807) is 6.20 Å². The van der Waals surface area contributed by atoms with Crippen LogP contribution in [0.5, 0.6) is 0 Å². The van der Waals surface area contributed by atoms with Crippen molar-refractivity contribution in [3.63, 3.8) is 0 Å². The average molecular weight is 489 g/mol. The third-order valence-electron chi connectivity index (χ3n) is 7.34. The number of allylic oxidation sites excluding steroid dienone is 3. The van der Waals surface area contributed by atoms with E-state index >= 15 is 0 Å². The second-order valence-electron chi connectivity index (χ2n) is 10.8. The molecule has 34 heavy (non-hydrogen) atoms. The minimum atomic E-state index is 0.00963. The number of hydrogen-bond acceptors (Lipinski definition) is 5. The predicted molar refractivity (Wildman–Crippen MR) is 145 cm³/mol. The van der Waals surface area contributed by atoms with Crippen molar-refractivity contribution >= 4 is 23.0 Å². The first-order chi connectivity index (χ1) is 16.3. The first-order valence-corrected chi connectivity index (χ1v) is 13.5. The van der Waals surface area contributed by atoms with Gasteiger partial charge in [-0.15, -0.1) is 0 Å². The maximum Gasteiger partial charge on any atom is 0.126 e. The molecule has 0 spiro atoms. The van der Waals surface area contributed by atoms with Crippen molar-refractivity contribution in [3.05, 3.63) is 41.1 Å². The molecule has 2 fully saturated rings. The van der Waals surface area contributed by atoms with E-state index in [-0.39, 0.29) is 5.60 Å². The Morgan fingerprint density at radius 2 is 2.06 bits per heavy atom. The summed E-state index contributed by atoms with van der Waals surface area (Å²) < 4.78 is 5.83. The molecule has 6 heteroatoms. The number of nitrogens with one attached hydrogen (secondary N) is 2. The Hall–Kier alpha value is -1.40. The first-order valence-electron chi connectivity index (χ1n) is 13.2. The number of halogens is 1. The highest BCUT2D eigenvalue weighted by molar-refractivity contribution is 6.32. The van der Waals surface area contributed by atoms with Crippen LogP contribution in [0.15, 0.2) is 30.5 Å². The Bertz CT molecular complexity index is 830.